The lowest BCUT2D eigenvalue weighted by Gasteiger charge is -2.13. The minimum atomic E-state index is -0.942. The Labute approximate surface area is 152 Å². The molecule has 2 rings (SSSR count). The molecule has 0 aliphatic carbocycles. The molecule has 0 unspecified atom stereocenters. The van der Waals surface area contributed by atoms with Gasteiger partial charge in [0.15, 0.2) is 0 Å². The second-order valence-electron chi connectivity index (χ2n) is 5.57. The molecular formula is C20H21ClN2O2. The Kier molecular flexibility index (Phi) is 6.37. The summed E-state index contributed by atoms with van der Waals surface area (Å²) in [7, 11) is 0. The molecule has 25 heavy (non-hydrogen) atoms. The highest BCUT2D eigenvalue weighted by Gasteiger charge is 2.12. The molecule has 0 aliphatic rings. The number of aromatic nitrogens is 2. The summed E-state index contributed by atoms with van der Waals surface area (Å²) in [5, 5.41) is 9.67. The van der Waals surface area contributed by atoms with Gasteiger partial charge >= 0.3 is 5.97 Å². The molecule has 130 valence electrons. The van der Waals surface area contributed by atoms with E-state index in [1.165, 1.54) is 0 Å². The van der Waals surface area contributed by atoms with Crippen molar-refractivity contribution >= 4 is 28.8 Å². The van der Waals surface area contributed by atoms with Gasteiger partial charge in [0.25, 0.3) is 0 Å². The lowest BCUT2D eigenvalue weighted by Crippen LogP contribution is -1.97. The first-order valence-electron chi connectivity index (χ1n) is 8.03. The number of carbonyl (C=O) groups is 1. The Morgan fingerprint density at radius 1 is 1.28 bits per heavy atom. The highest BCUT2D eigenvalue weighted by molar-refractivity contribution is 6.37. The number of carboxylic acids is 1. The summed E-state index contributed by atoms with van der Waals surface area (Å²) >= 11 is 6.66. The van der Waals surface area contributed by atoms with Gasteiger partial charge in [-0.2, -0.15) is 0 Å². The van der Waals surface area contributed by atoms with Crippen molar-refractivity contribution in [3.63, 3.8) is 0 Å². The van der Waals surface area contributed by atoms with Crippen molar-refractivity contribution in [2.24, 2.45) is 0 Å². The zero-order valence-electron chi connectivity index (χ0n) is 14.5. The van der Waals surface area contributed by atoms with E-state index in [2.05, 4.69) is 11.9 Å². The van der Waals surface area contributed by atoms with Crippen LogP contribution in [-0.2, 0) is 0 Å². The van der Waals surface area contributed by atoms with Gasteiger partial charge in [-0.1, -0.05) is 42.3 Å². The number of imidazole rings is 1. The van der Waals surface area contributed by atoms with Crippen LogP contribution in [0.25, 0.3) is 11.3 Å². The number of aromatic carboxylic acids is 1. The first-order chi connectivity index (χ1) is 12.0. The van der Waals surface area contributed by atoms with Crippen LogP contribution in [0.2, 0.25) is 0 Å². The van der Waals surface area contributed by atoms with Gasteiger partial charge in [0.2, 0.25) is 0 Å². The standard InChI is InChI=1S/C20H21ClN2O2/c1-4-14(3)19(15-6-8-16(9-7-15)20(24)25)18(21)12-17(5-2)23-11-10-22-13-23/h5-13H,4H2,1-3H3,(H,24,25)/b17-5+,18-12+,19-14?. The number of nitrogens with zero attached hydrogens (tertiary/aromatic N) is 2. The number of hydrogen-bond donors (Lipinski definition) is 1. The average molecular weight is 357 g/mol. The lowest BCUT2D eigenvalue weighted by atomic mass is 9.97. The van der Waals surface area contributed by atoms with Crippen molar-refractivity contribution in [1.29, 1.82) is 0 Å². The summed E-state index contributed by atoms with van der Waals surface area (Å²) in [6, 6.07) is 6.77. The fourth-order valence-electron chi connectivity index (χ4n) is 2.47. The third kappa shape index (κ3) is 4.48. The zero-order valence-corrected chi connectivity index (χ0v) is 15.3. The van der Waals surface area contributed by atoms with Crippen LogP contribution in [0.1, 0.15) is 43.1 Å². The van der Waals surface area contributed by atoms with E-state index in [9.17, 15) is 4.79 Å². The summed E-state index contributed by atoms with van der Waals surface area (Å²) in [4.78, 5) is 15.1. The van der Waals surface area contributed by atoms with Gasteiger partial charge in [0.05, 0.1) is 16.9 Å². The quantitative estimate of drug-likeness (QED) is 0.700. The maximum absolute atomic E-state index is 11.1. The molecule has 1 N–H and O–H groups in total. The van der Waals surface area contributed by atoms with Crippen LogP contribution < -0.4 is 0 Å². The minimum Gasteiger partial charge on any atom is -0.478 e. The van der Waals surface area contributed by atoms with Crippen LogP contribution in [0.4, 0.5) is 0 Å². The number of benzene rings is 1. The lowest BCUT2D eigenvalue weighted by molar-refractivity contribution is 0.0697. The first kappa shape index (κ1) is 18.7. The normalized spacial score (nSPS) is 13.6. The molecule has 0 fully saturated rings. The minimum absolute atomic E-state index is 0.255. The van der Waals surface area contributed by atoms with Crippen molar-refractivity contribution in [3.05, 3.63) is 76.9 Å². The van der Waals surface area contributed by atoms with Crippen LogP contribution in [-0.4, -0.2) is 20.6 Å². The molecule has 0 atom stereocenters. The third-order valence-electron chi connectivity index (χ3n) is 3.99. The Hall–Kier alpha value is -2.59. The van der Waals surface area contributed by atoms with Crippen molar-refractivity contribution in [3.8, 4) is 0 Å². The van der Waals surface area contributed by atoms with Gasteiger partial charge in [0, 0.05) is 18.1 Å². The Bertz CT molecular complexity index is 829. The first-order valence-corrected chi connectivity index (χ1v) is 8.41. The zero-order chi connectivity index (χ0) is 18.4. The molecule has 1 aromatic carbocycles. The average Bonchev–Trinajstić information content (AvgIpc) is 3.14. The molecule has 0 saturated carbocycles. The predicted octanol–water partition coefficient (Wildman–Crippen LogP) is 5.45. The van der Waals surface area contributed by atoms with Crippen LogP contribution >= 0.6 is 11.6 Å². The second kappa shape index (κ2) is 8.49. The largest absolute Gasteiger partial charge is 0.478 e. The number of carboxylic acid groups (broad SMARTS) is 1. The van der Waals surface area contributed by atoms with E-state index in [-0.39, 0.29) is 5.56 Å². The van der Waals surface area contributed by atoms with Crippen LogP contribution in [0.3, 0.4) is 0 Å². The van der Waals surface area contributed by atoms with E-state index in [1.807, 2.05) is 36.8 Å². The second-order valence-corrected chi connectivity index (χ2v) is 5.97. The molecule has 0 bridgehead atoms. The monoisotopic (exact) mass is 356 g/mol. The van der Waals surface area contributed by atoms with E-state index < -0.39 is 5.97 Å². The Morgan fingerprint density at radius 2 is 1.92 bits per heavy atom. The number of halogens is 1. The molecule has 4 nitrogen and oxygen atoms in total. The molecule has 2 aromatic rings. The van der Waals surface area contributed by atoms with Crippen molar-refractivity contribution < 1.29 is 9.90 Å². The maximum atomic E-state index is 11.1. The van der Waals surface area contributed by atoms with Crippen LogP contribution in [0.15, 0.2) is 65.7 Å². The SMILES string of the molecule is C/C=C(\C=C(\Cl)C(=C(C)CC)c1ccc(C(=O)O)cc1)n1ccnc1. The van der Waals surface area contributed by atoms with Crippen LogP contribution in [0.5, 0.6) is 0 Å². The van der Waals surface area contributed by atoms with E-state index in [1.54, 1.807) is 36.8 Å². The fourth-order valence-corrected chi connectivity index (χ4v) is 2.85. The summed E-state index contributed by atoms with van der Waals surface area (Å²) < 4.78 is 1.88. The topological polar surface area (TPSA) is 55.1 Å². The number of rotatable bonds is 6. The number of allylic oxidation sites excluding steroid dienone is 6. The molecule has 0 saturated heterocycles. The molecular weight excluding hydrogens is 336 g/mol. The summed E-state index contributed by atoms with van der Waals surface area (Å²) in [5.41, 5.74) is 4.11. The van der Waals surface area contributed by atoms with Crippen molar-refractivity contribution in [2.75, 3.05) is 0 Å². The summed E-state index contributed by atoms with van der Waals surface area (Å²) in [6.07, 6.45) is 9.97. The summed E-state index contributed by atoms with van der Waals surface area (Å²) in [5.74, 6) is -0.942. The predicted molar refractivity (Wildman–Crippen MR) is 102 cm³/mol. The Morgan fingerprint density at radius 3 is 2.40 bits per heavy atom. The van der Waals surface area contributed by atoms with E-state index in [0.717, 1.165) is 28.8 Å². The van der Waals surface area contributed by atoms with Gasteiger partial charge in [-0.05, 0) is 49.6 Å². The molecule has 0 aliphatic heterocycles. The van der Waals surface area contributed by atoms with Crippen molar-refractivity contribution in [2.45, 2.75) is 27.2 Å². The van der Waals surface area contributed by atoms with Gasteiger partial charge < -0.3 is 9.67 Å². The molecule has 0 radical (unpaired) electrons. The van der Waals surface area contributed by atoms with Gasteiger partial charge in [-0.25, -0.2) is 9.78 Å². The molecule has 1 aromatic heterocycles. The van der Waals surface area contributed by atoms with Gasteiger partial charge in [0.1, 0.15) is 0 Å². The smallest absolute Gasteiger partial charge is 0.335 e. The molecule has 1 heterocycles. The highest BCUT2D eigenvalue weighted by Crippen LogP contribution is 2.32. The maximum Gasteiger partial charge on any atom is 0.335 e. The molecule has 5 heteroatoms. The van der Waals surface area contributed by atoms with E-state index in [4.69, 9.17) is 16.7 Å². The fraction of sp³-hybridized carbons (Fsp3) is 0.200. The third-order valence-corrected chi connectivity index (χ3v) is 4.29. The molecule has 0 spiro atoms. The molecule has 0 amide bonds. The van der Waals surface area contributed by atoms with Gasteiger partial charge in [-0.3, -0.25) is 0 Å². The van der Waals surface area contributed by atoms with E-state index in [0.29, 0.717) is 5.03 Å². The number of hydrogen-bond acceptors (Lipinski definition) is 2. The Balaban J connectivity index is 2.48. The van der Waals surface area contributed by atoms with Crippen molar-refractivity contribution in [1.82, 2.24) is 9.55 Å². The van der Waals surface area contributed by atoms with Crippen LogP contribution in [0, 0.1) is 0 Å². The van der Waals surface area contributed by atoms with Gasteiger partial charge in [-0.15, -0.1) is 0 Å². The highest BCUT2D eigenvalue weighted by atomic mass is 35.5. The summed E-state index contributed by atoms with van der Waals surface area (Å²) in [6.45, 7) is 6.04. The van der Waals surface area contributed by atoms with E-state index >= 15 is 0 Å².